The summed E-state index contributed by atoms with van der Waals surface area (Å²) in [5.74, 6) is 1.22. The first-order chi connectivity index (χ1) is 16.0. The maximum Gasteiger partial charge on any atom is 0.162 e. The summed E-state index contributed by atoms with van der Waals surface area (Å²) in [6.45, 7) is 6.64. The maximum absolute atomic E-state index is 15.2. The van der Waals surface area contributed by atoms with E-state index in [9.17, 15) is 0 Å². The third-order valence-electron chi connectivity index (χ3n) is 8.89. The van der Waals surface area contributed by atoms with Crippen molar-refractivity contribution in [1.29, 1.82) is 0 Å². The van der Waals surface area contributed by atoms with Crippen molar-refractivity contribution in [3.63, 3.8) is 0 Å². The van der Waals surface area contributed by atoms with Crippen molar-refractivity contribution in [3.8, 4) is 0 Å². The summed E-state index contributed by atoms with van der Waals surface area (Å²) in [7, 11) is 0. The van der Waals surface area contributed by atoms with Crippen LogP contribution >= 0.6 is 0 Å². The van der Waals surface area contributed by atoms with Gasteiger partial charge in [-0.1, -0.05) is 68.7 Å². The highest BCUT2D eigenvalue weighted by atomic mass is 19.2. The SMILES string of the molecule is CCCC(c1ccc(C)cc1)C1CCC(c2ccc(C3CCC(CC)CC3)c(F)c2F)CC1. The van der Waals surface area contributed by atoms with Crippen molar-refractivity contribution in [2.75, 3.05) is 0 Å². The van der Waals surface area contributed by atoms with E-state index in [0.29, 0.717) is 23.0 Å². The van der Waals surface area contributed by atoms with Crippen LogP contribution in [0.5, 0.6) is 0 Å². The van der Waals surface area contributed by atoms with E-state index in [0.717, 1.165) is 57.3 Å². The summed E-state index contributed by atoms with van der Waals surface area (Å²) in [4.78, 5) is 0. The monoisotopic (exact) mass is 452 g/mol. The Labute approximate surface area is 200 Å². The third-order valence-corrected chi connectivity index (χ3v) is 8.89. The zero-order valence-corrected chi connectivity index (χ0v) is 20.9. The van der Waals surface area contributed by atoms with Crippen molar-refractivity contribution in [3.05, 3.63) is 70.3 Å². The largest absolute Gasteiger partial charge is 0.203 e. The molecule has 180 valence electrons. The molecule has 0 nitrogen and oxygen atoms in total. The number of benzene rings is 2. The average Bonchev–Trinajstić information content (AvgIpc) is 2.85. The maximum atomic E-state index is 15.2. The molecule has 0 heterocycles. The molecule has 1 atom stereocenters. The van der Waals surface area contributed by atoms with Gasteiger partial charge in [0.25, 0.3) is 0 Å². The lowest BCUT2D eigenvalue weighted by Crippen LogP contribution is -2.21. The summed E-state index contributed by atoms with van der Waals surface area (Å²) in [5.41, 5.74) is 4.00. The van der Waals surface area contributed by atoms with Gasteiger partial charge in [0.05, 0.1) is 0 Å². The summed E-state index contributed by atoms with van der Waals surface area (Å²) in [5, 5.41) is 0. The normalized spacial score (nSPS) is 26.8. The second-order valence-corrected chi connectivity index (χ2v) is 10.9. The van der Waals surface area contributed by atoms with E-state index in [4.69, 9.17) is 0 Å². The van der Waals surface area contributed by atoms with Gasteiger partial charge in [-0.05, 0) is 111 Å². The fourth-order valence-corrected chi connectivity index (χ4v) is 6.72. The van der Waals surface area contributed by atoms with E-state index in [-0.39, 0.29) is 11.8 Å². The van der Waals surface area contributed by atoms with Crippen LogP contribution in [-0.4, -0.2) is 0 Å². The van der Waals surface area contributed by atoms with Crippen LogP contribution in [0.1, 0.15) is 124 Å². The van der Waals surface area contributed by atoms with Gasteiger partial charge in [-0.15, -0.1) is 0 Å². The van der Waals surface area contributed by atoms with Crippen LogP contribution in [0.15, 0.2) is 36.4 Å². The lowest BCUT2D eigenvalue weighted by Gasteiger charge is -2.35. The third kappa shape index (κ3) is 5.52. The number of hydrogen-bond donors (Lipinski definition) is 0. The Bertz CT molecular complexity index is 884. The molecular formula is C31H42F2. The predicted molar refractivity (Wildman–Crippen MR) is 135 cm³/mol. The van der Waals surface area contributed by atoms with E-state index in [1.54, 1.807) is 0 Å². The lowest BCUT2D eigenvalue weighted by atomic mass is 9.70. The van der Waals surface area contributed by atoms with E-state index in [1.165, 1.54) is 30.4 Å². The van der Waals surface area contributed by atoms with Crippen LogP contribution in [0.3, 0.4) is 0 Å². The Hall–Kier alpha value is -1.70. The molecule has 33 heavy (non-hydrogen) atoms. The van der Waals surface area contributed by atoms with Gasteiger partial charge in [-0.2, -0.15) is 0 Å². The summed E-state index contributed by atoms with van der Waals surface area (Å²) < 4.78 is 30.4. The van der Waals surface area contributed by atoms with Gasteiger partial charge in [-0.3, -0.25) is 0 Å². The van der Waals surface area contributed by atoms with Crippen LogP contribution in [0.2, 0.25) is 0 Å². The topological polar surface area (TPSA) is 0 Å². The first kappa shape index (κ1) is 24.4. The van der Waals surface area contributed by atoms with Crippen molar-refractivity contribution in [2.45, 2.75) is 109 Å². The molecule has 0 saturated heterocycles. The highest BCUT2D eigenvalue weighted by molar-refractivity contribution is 5.32. The minimum Gasteiger partial charge on any atom is -0.203 e. The Morgan fingerprint density at radius 2 is 1.24 bits per heavy atom. The molecule has 2 saturated carbocycles. The van der Waals surface area contributed by atoms with Crippen LogP contribution in [0.4, 0.5) is 8.78 Å². The van der Waals surface area contributed by atoms with Gasteiger partial charge in [0.15, 0.2) is 11.6 Å². The van der Waals surface area contributed by atoms with E-state index in [1.807, 2.05) is 12.1 Å². The van der Waals surface area contributed by atoms with Gasteiger partial charge < -0.3 is 0 Å². The minimum atomic E-state index is -0.558. The molecule has 2 aliphatic rings. The van der Waals surface area contributed by atoms with Gasteiger partial charge in [-0.25, -0.2) is 8.78 Å². The summed E-state index contributed by atoms with van der Waals surface area (Å²) in [6.07, 6.45) is 12.0. The summed E-state index contributed by atoms with van der Waals surface area (Å²) >= 11 is 0. The standard InChI is InChI=1S/C31H42F2/c1-4-6-27(23-11-7-21(3)8-12-23)24-15-17-26(18-16-24)29-20-19-28(30(32)31(29)33)25-13-9-22(5-2)10-14-25/h7-8,11-12,19-20,22,24-27H,4-6,9-10,13-18H2,1-3H3. The molecule has 2 aromatic carbocycles. The molecule has 0 bridgehead atoms. The molecule has 4 rings (SSSR count). The Morgan fingerprint density at radius 1 is 0.727 bits per heavy atom. The average molecular weight is 453 g/mol. The van der Waals surface area contributed by atoms with E-state index in [2.05, 4.69) is 45.0 Å². The highest BCUT2D eigenvalue weighted by Gasteiger charge is 2.32. The fraction of sp³-hybridized carbons (Fsp3) is 0.613. The predicted octanol–water partition coefficient (Wildman–Crippen LogP) is 9.81. The molecule has 0 amide bonds. The molecule has 0 radical (unpaired) electrons. The van der Waals surface area contributed by atoms with Gasteiger partial charge >= 0.3 is 0 Å². The molecule has 1 unspecified atom stereocenters. The quantitative estimate of drug-likeness (QED) is 0.392. The first-order valence-electron chi connectivity index (χ1n) is 13.6. The molecule has 2 fully saturated rings. The number of rotatable bonds is 7. The number of aryl methyl sites for hydroxylation is 1. The van der Waals surface area contributed by atoms with E-state index >= 15 is 8.78 Å². The minimum absolute atomic E-state index is 0.154. The molecule has 2 heteroatoms. The number of halogens is 2. The summed E-state index contributed by atoms with van der Waals surface area (Å²) in [6, 6.07) is 12.9. The second-order valence-electron chi connectivity index (χ2n) is 10.9. The first-order valence-corrected chi connectivity index (χ1v) is 13.6. The van der Waals surface area contributed by atoms with Crippen molar-refractivity contribution < 1.29 is 8.78 Å². The smallest absolute Gasteiger partial charge is 0.162 e. The molecule has 0 N–H and O–H groups in total. The Kier molecular flexibility index (Phi) is 8.25. The van der Waals surface area contributed by atoms with Crippen LogP contribution in [0.25, 0.3) is 0 Å². The molecule has 0 spiro atoms. The molecule has 0 aromatic heterocycles. The molecule has 2 aliphatic carbocycles. The zero-order valence-electron chi connectivity index (χ0n) is 20.9. The van der Waals surface area contributed by atoms with Crippen molar-refractivity contribution in [2.24, 2.45) is 11.8 Å². The van der Waals surface area contributed by atoms with Gasteiger partial charge in [0.2, 0.25) is 0 Å². The Balaban J connectivity index is 1.43. The fourth-order valence-electron chi connectivity index (χ4n) is 6.72. The Morgan fingerprint density at radius 3 is 1.73 bits per heavy atom. The number of hydrogen-bond acceptors (Lipinski definition) is 0. The highest BCUT2D eigenvalue weighted by Crippen LogP contribution is 2.45. The molecule has 2 aromatic rings. The van der Waals surface area contributed by atoms with Crippen LogP contribution in [-0.2, 0) is 0 Å². The van der Waals surface area contributed by atoms with Crippen LogP contribution in [0, 0.1) is 30.4 Å². The zero-order chi connectivity index (χ0) is 23.4. The van der Waals surface area contributed by atoms with Crippen molar-refractivity contribution >= 4 is 0 Å². The molecular weight excluding hydrogens is 410 g/mol. The molecule has 0 aliphatic heterocycles. The lowest BCUT2D eigenvalue weighted by molar-refractivity contribution is 0.267. The second kappa shape index (κ2) is 11.2. The van der Waals surface area contributed by atoms with Crippen LogP contribution < -0.4 is 0 Å². The van der Waals surface area contributed by atoms with Gasteiger partial charge in [0, 0.05) is 0 Å². The van der Waals surface area contributed by atoms with Gasteiger partial charge in [0.1, 0.15) is 0 Å². The van der Waals surface area contributed by atoms with E-state index < -0.39 is 11.6 Å². The van der Waals surface area contributed by atoms with Crippen molar-refractivity contribution in [1.82, 2.24) is 0 Å².